The second-order valence-corrected chi connectivity index (χ2v) is 8.46. The number of hydrogen-bond acceptors (Lipinski definition) is 4. The number of aryl methyl sites for hydroxylation is 2. The van der Waals surface area contributed by atoms with Gasteiger partial charge in [0, 0.05) is 24.6 Å². The van der Waals surface area contributed by atoms with E-state index in [1.807, 2.05) is 12.1 Å². The average molecular weight is 386 g/mol. The van der Waals surface area contributed by atoms with E-state index in [2.05, 4.69) is 19.5 Å². The number of nitrogens with zero attached hydrogens (tertiary/aromatic N) is 3. The molecule has 1 aliphatic heterocycles. The van der Waals surface area contributed by atoms with Gasteiger partial charge in [-0.05, 0) is 54.8 Å². The van der Waals surface area contributed by atoms with E-state index >= 15 is 0 Å². The van der Waals surface area contributed by atoms with Gasteiger partial charge in [0.2, 0.25) is 0 Å². The van der Waals surface area contributed by atoms with Gasteiger partial charge in [0.1, 0.15) is 18.0 Å². The summed E-state index contributed by atoms with van der Waals surface area (Å²) in [5.74, 6) is 0.922. The van der Waals surface area contributed by atoms with Crippen molar-refractivity contribution in [1.82, 2.24) is 14.8 Å². The maximum Gasteiger partial charge on any atom is 0.261 e. The van der Waals surface area contributed by atoms with Crippen LogP contribution in [0.25, 0.3) is 0 Å². The van der Waals surface area contributed by atoms with E-state index in [0.29, 0.717) is 17.2 Å². The second-order valence-electron chi connectivity index (χ2n) is 6.77. The topological polar surface area (TPSA) is 76.9 Å². The third kappa shape index (κ3) is 3.57. The first-order chi connectivity index (χ1) is 12.9. The Morgan fingerprint density at radius 2 is 1.96 bits per heavy atom. The second kappa shape index (κ2) is 6.77. The SMILES string of the molecule is Cc1cc(S(=O)(=O)Nc2ccc([C@H]3CCc4nncn4C3)cc2)ccc1F. The molecule has 27 heavy (non-hydrogen) atoms. The maximum absolute atomic E-state index is 13.4. The normalized spacial score (nSPS) is 16.7. The zero-order valence-electron chi connectivity index (χ0n) is 14.8. The van der Waals surface area contributed by atoms with Crippen molar-refractivity contribution in [3.63, 3.8) is 0 Å². The molecule has 0 spiro atoms. The molecule has 0 amide bonds. The van der Waals surface area contributed by atoms with Gasteiger partial charge in [0.15, 0.2) is 0 Å². The van der Waals surface area contributed by atoms with Crippen LogP contribution in [-0.4, -0.2) is 23.2 Å². The van der Waals surface area contributed by atoms with E-state index in [9.17, 15) is 12.8 Å². The lowest BCUT2D eigenvalue weighted by Gasteiger charge is -2.23. The smallest absolute Gasteiger partial charge is 0.261 e. The van der Waals surface area contributed by atoms with Crippen molar-refractivity contribution in [2.24, 2.45) is 0 Å². The number of nitrogens with one attached hydrogen (secondary N) is 1. The Balaban J connectivity index is 1.50. The summed E-state index contributed by atoms with van der Waals surface area (Å²) in [7, 11) is -3.76. The summed E-state index contributed by atoms with van der Waals surface area (Å²) >= 11 is 0. The van der Waals surface area contributed by atoms with E-state index in [0.717, 1.165) is 36.8 Å². The molecule has 8 heteroatoms. The summed E-state index contributed by atoms with van der Waals surface area (Å²) in [6.07, 6.45) is 3.61. The molecule has 1 aromatic heterocycles. The molecular formula is C19H19FN4O2S. The molecule has 0 unspecified atom stereocenters. The minimum absolute atomic E-state index is 0.0397. The van der Waals surface area contributed by atoms with Crippen LogP contribution < -0.4 is 4.72 Å². The minimum atomic E-state index is -3.76. The number of anilines is 1. The number of benzene rings is 2. The van der Waals surface area contributed by atoms with Gasteiger partial charge < -0.3 is 4.57 Å². The Kier molecular flexibility index (Phi) is 4.43. The Bertz CT molecular complexity index is 1080. The monoisotopic (exact) mass is 386 g/mol. The predicted octanol–water partition coefficient (Wildman–Crippen LogP) is 3.26. The van der Waals surface area contributed by atoms with Crippen molar-refractivity contribution in [2.45, 2.75) is 37.1 Å². The number of sulfonamides is 1. The summed E-state index contributed by atoms with van der Waals surface area (Å²) in [6.45, 7) is 2.36. The average Bonchev–Trinajstić information content (AvgIpc) is 3.12. The van der Waals surface area contributed by atoms with Crippen molar-refractivity contribution in [2.75, 3.05) is 4.72 Å². The Labute approximate surface area is 157 Å². The molecular weight excluding hydrogens is 367 g/mol. The highest BCUT2D eigenvalue weighted by atomic mass is 32.2. The Hall–Kier alpha value is -2.74. The highest BCUT2D eigenvalue weighted by Crippen LogP contribution is 2.29. The molecule has 6 nitrogen and oxygen atoms in total. The molecule has 0 saturated carbocycles. The first-order valence-electron chi connectivity index (χ1n) is 8.68. The van der Waals surface area contributed by atoms with Gasteiger partial charge in [-0.2, -0.15) is 0 Å². The molecule has 3 aromatic rings. The van der Waals surface area contributed by atoms with Crippen molar-refractivity contribution in [1.29, 1.82) is 0 Å². The van der Waals surface area contributed by atoms with Crippen molar-refractivity contribution < 1.29 is 12.8 Å². The zero-order chi connectivity index (χ0) is 19.0. The van der Waals surface area contributed by atoms with Gasteiger partial charge in [-0.15, -0.1) is 10.2 Å². The maximum atomic E-state index is 13.4. The number of halogens is 1. The lowest BCUT2D eigenvalue weighted by Crippen LogP contribution is -2.18. The van der Waals surface area contributed by atoms with Crippen LogP contribution in [-0.2, 0) is 23.0 Å². The summed E-state index contributed by atoms with van der Waals surface area (Å²) in [6, 6.07) is 11.1. The molecule has 0 fully saturated rings. The Morgan fingerprint density at radius 3 is 2.70 bits per heavy atom. The third-order valence-electron chi connectivity index (χ3n) is 4.90. The van der Waals surface area contributed by atoms with Crippen LogP contribution in [0.4, 0.5) is 10.1 Å². The van der Waals surface area contributed by atoms with E-state index in [-0.39, 0.29) is 4.90 Å². The molecule has 4 rings (SSSR count). The number of hydrogen-bond donors (Lipinski definition) is 1. The standard InChI is InChI=1S/C19H19FN4O2S/c1-13-10-17(7-8-18(13)20)27(25,26)23-16-5-2-14(3-6-16)15-4-9-19-22-21-12-24(19)11-15/h2-3,5-8,10,12,15,23H,4,9,11H2,1H3/t15-/m0/s1. The van der Waals surface area contributed by atoms with Gasteiger partial charge >= 0.3 is 0 Å². The van der Waals surface area contributed by atoms with Crippen LogP contribution >= 0.6 is 0 Å². The fourth-order valence-electron chi connectivity index (χ4n) is 3.35. The fourth-order valence-corrected chi connectivity index (χ4v) is 4.49. The van der Waals surface area contributed by atoms with Crippen LogP contribution in [0.5, 0.6) is 0 Å². The lowest BCUT2D eigenvalue weighted by molar-refractivity contribution is 0.456. The van der Waals surface area contributed by atoms with E-state index in [1.54, 1.807) is 18.5 Å². The van der Waals surface area contributed by atoms with Gasteiger partial charge in [-0.25, -0.2) is 12.8 Å². The zero-order valence-corrected chi connectivity index (χ0v) is 15.6. The first-order valence-corrected chi connectivity index (χ1v) is 10.2. The van der Waals surface area contributed by atoms with Gasteiger partial charge in [0.05, 0.1) is 4.90 Å². The molecule has 140 valence electrons. The highest BCUT2D eigenvalue weighted by Gasteiger charge is 2.21. The molecule has 0 radical (unpaired) electrons. The molecule has 2 aromatic carbocycles. The number of fused-ring (bicyclic) bond motifs is 1. The van der Waals surface area contributed by atoms with Crippen molar-refractivity contribution in [3.05, 3.63) is 71.6 Å². The van der Waals surface area contributed by atoms with Crippen molar-refractivity contribution in [3.8, 4) is 0 Å². The van der Waals surface area contributed by atoms with Crippen LogP contribution in [0.2, 0.25) is 0 Å². The fraction of sp³-hybridized carbons (Fsp3) is 0.263. The molecule has 2 heterocycles. The van der Waals surface area contributed by atoms with Crippen molar-refractivity contribution >= 4 is 15.7 Å². The largest absolute Gasteiger partial charge is 0.317 e. The van der Waals surface area contributed by atoms with Crippen LogP contribution in [0.15, 0.2) is 53.7 Å². The predicted molar refractivity (Wildman–Crippen MR) is 99.5 cm³/mol. The van der Waals surface area contributed by atoms with Crippen LogP contribution in [0, 0.1) is 12.7 Å². The summed E-state index contributed by atoms with van der Waals surface area (Å²) in [5, 5.41) is 8.03. The summed E-state index contributed by atoms with van der Waals surface area (Å²) in [5.41, 5.74) is 1.91. The number of rotatable bonds is 4. The molecule has 1 N–H and O–H groups in total. The molecule has 0 aliphatic carbocycles. The highest BCUT2D eigenvalue weighted by molar-refractivity contribution is 7.92. The first kappa shape index (κ1) is 17.7. The minimum Gasteiger partial charge on any atom is -0.317 e. The molecule has 1 atom stereocenters. The molecule has 0 saturated heterocycles. The lowest BCUT2D eigenvalue weighted by atomic mass is 9.91. The Morgan fingerprint density at radius 1 is 1.19 bits per heavy atom. The third-order valence-corrected chi connectivity index (χ3v) is 6.28. The van der Waals surface area contributed by atoms with E-state index in [1.165, 1.54) is 19.1 Å². The van der Waals surface area contributed by atoms with Gasteiger partial charge in [0.25, 0.3) is 10.0 Å². The molecule has 0 bridgehead atoms. The van der Waals surface area contributed by atoms with E-state index < -0.39 is 15.8 Å². The van der Waals surface area contributed by atoms with E-state index in [4.69, 9.17) is 0 Å². The number of aromatic nitrogens is 3. The molecule has 1 aliphatic rings. The summed E-state index contributed by atoms with van der Waals surface area (Å²) in [4.78, 5) is 0.0397. The van der Waals surface area contributed by atoms with Crippen LogP contribution in [0.3, 0.4) is 0 Å². The quantitative estimate of drug-likeness (QED) is 0.747. The van der Waals surface area contributed by atoms with Crippen LogP contribution in [0.1, 0.15) is 29.3 Å². The summed E-state index contributed by atoms with van der Waals surface area (Å²) < 4.78 is 43.0. The van der Waals surface area contributed by atoms with Gasteiger partial charge in [-0.1, -0.05) is 12.1 Å². The van der Waals surface area contributed by atoms with Gasteiger partial charge in [-0.3, -0.25) is 4.72 Å².